The zero-order chi connectivity index (χ0) is 24.5. The van der Waals surface area contributed by atoms with Crippen molar-refractivity contribution in [2.45, 2.75) is 26.4 Å². The monoisotopic (exact) mass is 496 g/mol. The smallest absolute Gasteiger partial charge is 0.322 e. The highest BCUT2D eigenvalue weighted by Crippen LogP contribution is 2.29. The Morgan fingerprint density at radius 2 is 1.94 bits per heavy atom. The predicted octanol–water partition coefficient (Wildman–Crippen LogP) is 1.86. The number of nitrogens with one attached hydrogen (secondary N) is 1. The van der Waals surface area contributed by atoms with E-state index >= 15 is 0 Å². The molecule has 0 saturated carbocycles. The molecule has 5 rings (SSSR count). The van der Waals surface area contributed by atoms with Gasteiger partial charge in [-0.2, -0.15) is 4.98 Å². The number of nitrogen functional groups attached to an aromatic ring is 1. The Hall–Kier alpha value is -3.09. The third kappa shape index (κ3) is 5.14. The van der Waals surface area contributed by atoms with Crippen LogP contribution in [-0.2, 0) is 6.54 Å². The highest BCUT2D eigenvalue weighted by molar-refractivity contribution is 7.16. The quantitative estimate of drug-likeness (QED) is 0.558. The van der Waals surface area contributed by atoms with Gasteiger partial charge in [0.15, 0.2) is 10.6 Å². The minimum atomic E-state index is -0.116. The number of aryl methyl sites for hydroxylation is 1. The van der Waals surface area contributed by atoms with Gasteiger partial charge in [-0.15, -0.1) is 11.3 Å². The molecular formula is C23H32N10OS. The van der Waals surface area contributed by atoms with Gasteiger partial charge in [-0.3, -0.25) is 9.88 Å². The summed E-state index contributed by atoms with van der Waals surface area (Å²) < 4.78 is 0. The van der Waals surface area contributed by atoms with Crippen molar-refractivity contribution in [2.75, 3.05) is 68.8 Å². The van der Waals surface area contributed by atoms with Gasteiger partial charge in [-0.25, -0.2) is 14.8 Å². The number of amides is 2. The lowest BCUT2D eigenvalue weighted by molar-refractivity contribution is 0.147. The maximum atomic E-state index is 13.1. The molecule has 11 nitrogen and oxygen atoms in total. The van der Waals surface area contributed by atoms with Crippen molar-refractivity contribution in [1.29, 1.82) is 0 Å². The number of rotatable bonds is 4. The molecule has 3 aromatic rings. The Morgan fingerprint density at radius 3 is 2.69 bits per heavy atom. The number of likely N-dealkylation sites (N-methyl/N-ethyl adjacent to an activating group) is 1. The van der Waals surface area contributed by atoms with Crippen LogP contribution in [0.3, 0.4) is 0 Å². The number of pyridine rings is 1. The second-order valence-corrected chi connectivity index (χ2v) is 10.2. The number of urea groups is 1. The topological polar surface area (TPSA) is 120 Å². The maximum Gasteiger partial charge on any atom is 0.322 e. The van der Waals surface area contributed by atoms with Gasteiger partial charge in [0.1, 0.15) is 5.52 Å². The number of fused-ring (bicyclic) bond motifs is 1. The van der Waals surface area contributed by atoms with Crippen molar-refractivity contribution < 1.29 is 4.79 Å². The first-order valence-electron chi connectivity index (χ1n) is 11.9. The number of carbonyl (C=O) groups is 1. The lowest BCUT2D eigenvalue weighted by atomic mass is 10.2. The van der Waals surface area contributed by atoms with Crippen LogP contribution in [0.15, 0.2) is 17.6 Å². The van der Waals surface area contributed by atoms with E-state index in [4.69, 9.17) is 10.7 Å². The normalized spacial score (nSPS) is 19.9. The average Bonchev–Trinajstić information content (AvgIpc) is 3.30. The van der Waals surface area contributed by atoms with Gasteiger partial charge in [0.25, 0.3) is 0 Å². The second-order valence-electron chi connectivity index (χ2n) is 9.35. The summed E-state index contributed by atoms with van der Waals surface area (Å²) in [4.78, 5) is 40.5. The highest BCUT2D eigenvalue weighted by atomic mass is 32.1. The van der Waals surface area contributed by atoms with Crippen molar-refractivity contribution >= 4 is 45.2 Å². The summed E-state index contributed by atoms with van der Waals surface area (Å²) in [5, 5.41) is 3.06. The van der Waals surface area contributed by atoms with E-state index in [1.165, 1.54) is 11.3 Å². The lowest BCUT2D eigenvalue weighted by Crippen LogP contribution is -2.55. The van der Waals surface area contributed by atoms with E-state index in [0.29, 0.717) is 19.6 Å². The van der Waals surface area contributed by atoms with Gasteiger partial charge in [-0.1, -0.05) is 0 Å². The van der Waals surface area contributed by atoms with E-state index < -0.39 is 0 Å². The molecule has 1 atom stereocenters. The van der Waals surface area contributed by atoms with Crippen LogP contribution in [-0.4, -0.2) is 99.6 Å². The van der Waals surface area contributed by atoms with Gasteiger partial charge in [-0.05, 0) is 33.0 Å². The largest absolute Gasteiger partial charge is 0.368 e. The van der Waals surface area contributed by atoms with E-state index in [1.807, 2.05) is 24.0 Å². The molecule has 186 valence electrons. The van der Waals surface area contributed by atoms with Crippen LogP contribution in [0.25, 0.3) is 10.3 Å². The summed E-state index contributed by atoms with van der Waals surface area (Å²) in [5.41, 5.74) is 11.0. The number of anilines is 3. The van der Waals surface area contributed by atoms with Crippen molar-refractivity contribution in [3.8, 4) is 0 Å². The fourth-order valence-corrected chi connectivity index (χ4v) is 5.34. The molecule has 0 unspecified atom stereocenters. The van der Waals surface area contributed by atoms with Crippen molar-refractivity contribution in [3.05, 3.63) is 29.0 Å². The summed E-state index contributed by atoms with van der Waals surface area (Å²) >= 11 is 1.45. The van der Waals surface area contributed by atoms with E-state index in [2.05, 4.69) is 48.9 Å². The molecule has 0 bridgehead atoms. The molecule has 0 spiro atoms. The summed E-state index contributed by atoms with van der Waals surface area (Å²) in [6.45, 7) is 10.9. The highest BCUT2D eigenvalue weighted by Gasteiger charge is 2.30. The average molecular weight is 497 g/mol. The first kappa shape index (κ1) is 23.6. The molecule has 12 heteroatoms. The van der Waals surface area contributed by atoms with Crippen molar-refractivity contribution in [2.24, 2.45) is 0 Å². The summed E-state index contributed by atoms with van der Waals surface area (Å²) in [6.07, 6.45) is 0. The summed E-state index contributed by atoms with van der Waals surface area (Å²) in [5.74, 6) is 0.973. The zero-order valence-corrected chi connectivity index (χ0v) is 21.3. The third-order valence-electron chi connectivity index (χ3n) is 6.75. The molecule has 0 radical (unpaired) electrons. The number of aromatic nitrogens is 4. The zero-order valence-electron chi connectivity index (χ0n) is 20.4. The van der Waals surface area contributed by atoms with E-state index in [9.17, 15) is 4.79 Å². The Bertz CT molecular complexity index is 1210. The van der Waals surface area contributed by atoms with Gasteiger partial charge < -0.3 is 25.8 Å². The number of nitrogens with two attached hydrogens (primary N) is 1. The number of hydrogen-bond donors (Lipinski definition) is 2. The van der Waals surface area contributed by atoms with Crippen LogP contribution >= 0.6 is 11.3 Å². The Balaban J connectivity index is 1.20. The molecule has 2 fully saturated rings. The fraction of sp³-hybridized carbons (Fsp3) is 0.522. The second kappa shape index (κ2) is 9.88. The Morgan fingerprint density at radius 1 is 1.14 bits per heavy atom. The van der Waals surface area contributed by atoms with Crippen LogP contribution in [0.5, 0.6) is 0 Å². The first-order chi connectivity index (χ1) is 16.9. The molecular weight excluding hydrogens is 464 g/mol. The molecule has 3 aromatic heterocycles. The lowest BCUT2D eigenvalue weighted by Gasteiger charge is -2.40. The fourth-order valence-electron chi connectivity index (χ4n) is 4.68. The van der Waals surface area contributed by atoms with Crippen LogP contribution in [0.1, 0.15) is 18.3 Å². The number of nitrogens with zero attached hydrogens (tertiary/aromatic N) is 8. The van der Waals surface area contributed by atoms with Crippen LogP contribution in [0.2, 0.25) is 0 Å². The number of piperazine rings is 2. The van der Waals surface area contributed by atoms with Crippen LogP contribution in [0.4, 0.5) is 22.2 Å². The first-order valence-corrected chi connectivity index (χ1v) is 12.8. The van der Waals surface area contributed by atoms with Crippen molar-refractivity contribution in [1.82, 2.24) is 34.6 Å². The van der Waals surface area contributed by atoms with Gasteiger partial charge in [0.05, 0.1) is 22.6 Å². The number of carbonyl (C=O) groups excluding carboxylic acids is 1. The van der Waals surface area contributed by atoms with Crippen LogP contribution in [0, 0.1) is 6.92 Å². The molecule has 2 saturated heterocycles. The SMILES string of the molecule is Cc1nc(CN2CCN(C)CC2)ccc1NC(=O)N1CCN(c2nc(N)nc3scnc23)[C@@H](C)C1. The van der Waals surface area contributed by atoms with Gasteiger partial charge in [0, 0.05) is 58.4 Å². The van der Waals surface area contributed by atoms with Gasteiger partial charge >= 0.3 is 6.03 Å². The van der Waals surface area contributed by atoms with E-state index in [1.54, 1.807) is 5.51 Å². The molecule has 35 heavy (non-hydrogen) atoms. The standard InChI is InChI=1S/C23H32N10OS/c1-15-12-32(10-11-33(15)20-19-21(35-14-25-19)29-22(24)28-20)23(34)27-18-5-4-17(26-16(18)2)13-31-8-6-30(3)7-9-31/h4-5,14-15H,6-13H2,1-3H3,(H,27,34)(H2,24,28,29)/t15-/m0/s1. The Kier molecular flexibility index (Phi) is 6.67. The van der Waals surface area contributed by atoms with E-state index in [-0.39, 0.29) is 18.0 Å². The van der Waals surface area contributed by atoms with E-state index in [0.717, 1.165) is 66.0 Å². The minimum Gasteiger partial charge on any atom is -0.368 e. The summed E-state index contributed by atoms with van der Waals surface area (Å²) in [7, 11) is 2.16. The summed E-state index contributed by atoms with van der Waals surface area (Å²) in [6, 6.07) is 3.92. The molecule has 2 aliphatic heterocycles. The predicted molar refractivity (Wildman–Crippen MR) is 139 cm³/mol. The number of hydrogen-bond acceptors (Lipinski definition) is 10. The molecule has 0 aromatic carbocycles. The molecule has 3 N–H and O–H groups in total. The van der Waals surface area contributed by atoms with Crippen LogP contribution < -0.4 is 16.0 Å². The maximum absolute atomic E-state index is 13.1. The number of thiazole rings is 1. The third-order valence-corrected chi connectivity index (χ3v) is 7.47. The molecule has 2 aliphatic rings. The van der Waals surface area contributed by atoms with Gasteiger partial charge in [0.2, 0.25) is 5.95 Å². The Labute approximate surface area is 209 Å². The molecule has 0 aliphatic carbocycles. The van der Waals surface area contributed by atoms with Crippen molar-refractivity contribution in [3.63, 3.8) is 0 Å². The minimum absolute atomic E-state index is 0.0545. The molecule has 2 amide bonds. The molecule has 5 heterocycles.